The van der Waals surface area contributed by atoms with Gasteiger partial charge in [0, 0.05) is 43.2 Å². The third-order valence-corrected chi connectivity index (χ3v) is 5.85. The van der Waals surface area contributed by atoms with Gasteiger partial charge in [-0.2, -0.15) is 18.2 Å². The van der Waals surface area contributed by atoms with Gasteiger partial charge in [-0.25, -0.2) is 8.78 Å². The van der Waals surface area contributed by atoms with Crippen molar-refractivity contribution in [2.45, 2.75) is 31.5 Å². The number of rotatable bonds is 6. The summed E-state index contributed by atoms with van der Waals surface area (Å²) >= 11 is 0. The van der Waals surface area contributed by atoms with E-state index >= 15 is 0 Å². The molecule has 5 rings (SSSR count). The van der Waals surface area contributed by atoms with Gasteiger partial charge in [0.25, 0.3) is 11.9 Å². The molecule has 7 nitrogen and oxygen atoms in total. The number of hydrogen-bond donors (Lipinski definition) is 1. The van der Waals surface area contributed by atoms with E-state index in [2.05, 4.69) is 16.4 Å². The lowest BCUT2D eigenvalue weighted by atomic mass is 10.2. The Morgan fingerprint density at radius 2 is 1.91 bits per heavy atom. The predicted octanol–water partition coefficient (Wildman–Crippen LogP) is 4.24. The third-order valence-electron chi connectivity index (χ3n) is 5.85. The highest BCUT2D eigenvalue weighted by Crippen LogP contribution is 2.46. The SMILES string of the molecule is O=C(Nc1cc(F)c(O[C@H]2CC3=CC3C2)c(F)c1)c1nc(N2CCOCC2)oc1CC(F)(F)F. The molecule has 1 aromatic heterocycles. The van der Waals surface area contributed by atoms with Crippen molar-refractivity contribution in [1.29, 1.82) is 0 Å². The number of halogens is 5. The second kappa shape index (κ2) is 8.57. The summed E-state index contributed by atoms with van der Waals surface area (Å²) in [7, 11) is 0. The smallest absolute Gasteiger partial charge is 0.396 e. The number of fused-ring (bicyclic) bond motifs is 1. The predicted molar refractivity (Wildman–Crippen MR) is 109 cm³/mol. The maximum Gasteiger partial charge on any atom is 0.396 e. The van der Waals surface area contributed by atoms with E-state index in [0.29, 0.717) is 45.1 Å². The minimum atomic E-state index is -4.66. The van der Waals surface area contributed by atoms with Crippen LogP contribution in [0.15, 0.2) is 28.2 Å². The number of carbonyl (C=O) groups is 1. The van der Waals surface area contributed by atoms with Gasteiger partial charge in [0.2, 0.25) is 0 Å². The Kier molecular flexibility index (Phi) is 5.70. The van der Waals surface area contributed by atoms with Crippen LogP contribution in [0.4, 0.5) is 33.7 Å². The molecule has 0 radical (unpaired) electrons. The Labute approximate surface area is 190 Å². The first-order chi connectivity index (χ1) is 16.2. The molecule has 1 saturated heterocycles. The molecule has 0 bridgehead atoms. The van der Waals surface area contributed by atoms with Crippen molar-refractivity contribution in [2.24, 2.45) is 5.92 Å². The number of alkyl halides is 3. The average molecular weight is 485 g/mol. The van der Waals surface area contributed by atoms with Crippen LogP contribution in [0, 0.1) is 17.6 Å². The van der Waals surface area contributed by atoms with Gasteiger partial charge in [-0.15, -0.1) is 0 Å². The Morgan fingerprint density at radius 3 is 2.53 bits per heavy atom. The van der Waals surface area contributed by atoms with Crippen LogP contribution in [0.25, 0.3) is 0 Å². The maximum absolute atomic E-state index is 14.5. The number of allylic oxidation sites excluding steroid dienone is 1. The minimum absolute atomic E-state index is 0.154. The van der Waals surface area contributed by atoms with Crippen LogP contribution < -0.4 is 15.0 Å². The van der Waals surface area contributed by atoms with Gasteiger partial charge in [0.05, 0.1) is 13.2 Å². The topological polar surface area (TPSA) is 76.8 Å². The summed E-state index contributed by atoms with van der Waals surface area (Å²) in [4.78, 5) is 18.2. The van der Waals surface area contributed by atoms with Crippen molar-refractivity contribution < 1.29 is 40.6 Å². The zero-order chi connectivity index (χ0) is 24.0. The van der Waals surface area contributed by atoms with Gasteiger partial charge >= 0.3 is 6.18 Å². The number of oxazole rings is 1. The highest BCUT2D eigenvalue weighted by molar-refractivity contribution is 6.03. The molecule has 34 heavy (non-hydrogen) atoms. The number of nitrogens with zero attached hydrogens (tertiary/aromatic N) is 2. The minimum Gasteiger partial charge on any atom is -0.484 e. The molecule has 1 unspecified atom stereocenters. The van der Waals surface area contributed by atoms with E-state index in [0.717, 1.165) is 12.1 Å². The highest BCUT2D eigenvalue weighted by atomic mass is 19.4. The lowest BCUT2D eigenvalue weighted by Crippen LogP contribution is -2.36. The number of anilines is 2. The average Bonchev–Trinajstić information content (AvgIpc) is 3.17. The summed E-state index contributed by atoms with van der Waals surface area (Å²) in [6.07, 6.45) is -3.17. The number of nitrogens with one attached hydrogen (secondary N) is 1. The van der Waals surface area contributed by atoms with E-state index in [9.17, 15) is 26.7 Å². The number of hydrogen-bond acceptors (Lipinski definition) is 6. The normalized spacial score (nSPS) is 21.8. The molecule has 1 N–H and O–H groups in total. The molecule has 2 aromatic rings. The molecule has 1 amide bonds. The Hall–Kier alpha value is -3.15. The first kappa shape index (κ1) is 22.6. The Bertz CT molecular complexity index is 1120. The quantitative estimate of drug-likeness (QED) is 0.487. The fraction of sp³-hybridized carbons (Fsp3) is 0.455. The molecule has 182 valence electrons. The first-order valence-electron chi connectivity index (χ1n) is 10.7. The van der Waals surface area contributed by atoms with Gasteiger partial charge < -0.3 is 24.1 Å². The number of morpholine rings is 1. The lowest BCUT2D eigenvalue weighted by Gasteiger charge is -2.24. The lowest BCUT2D eigenvalue weighted by molar-refractivity contribution is -0.130. The second-order valence-corrected chi connectivity index (χ2v) is 8.41. The van der Waals surface area contributed by atoms with Crippen LogP contribution >= 0.6 is 0 Å². The molecular weight excluding hydrogens is 465 g/mol. The molecule has 1 aliphatic heterocycles. The third kappa shape index (κ3) is 4.86. The van der Waals surface area contributed by atoms with E-state index in [1.807, 2.05) is 0 Å². The van der Waals surface area contributed by atoms with Gasteiger partial charge in [0.1, 0.15) is 18.3 Å². The van der Waals surface area contributed by atoms with E-state index in [-0.39, 0.29) is 17.8 Å². The second-order valence-electron chi connectivity index (χ2n) is 8.41. The fourth-order valence-electron chi connectivity index (χ4n) is 4.18. The molecule has 2 fully saturated rings. The number of amides is 1. The van der Waals surface area contributed by atoms with E-state index in [1.165, 1.54) is 5.57 Å². The van der Waals surface area contributed by atoms with Crippen molar-refractivity contribution in [1.82, 2.24) is 4.98 Å². The summed E-state index contributed by atoms with van der Waals surface area (Å²) < 4.78 is 84.1. The van der Waals surface area contributed by atoms with Crippen molar-refractivity contribution in [3.63, 3.8) is 0 Å². The van der Waals surface area contributed by atoms with Crippen molar-refractivity contribution in [3.05, 3.63) is 46.9 Å². The number of carbonyl (C=O) groups excluding carboxylic acids is 1. The molecule has 2 aliphatic carbocycles. The Balaban J connectivity index is 1.34. The van der Waals surface area contributed by atoms with Crippen LogP contribution in [0.5, 0.6) is 5.75 Å². The van der Waals surface area contributed by atoms with E-state index < -0.39 is 47.3 Å². The molecule has 3 aliphatic rings. The zero-order valence-electron chi connectivity index (χ0n) is 17.8. The fourth-order valence-corrected chi connectivity index (χ4v) is 4.18. The standard InChI is InChI=1S/C22H20F5N3O4/c23-15-8-13(9-16(24)19(15)33-14-6-11-5-12(11)7-14)28-20(31)18-17(10-22(25,26)27)34-21(29-18)30-1-3-32-4-2-30/h5,8-9,11,14H,1-4,6-7,10H2,(H,28,31)/t11?,14-/m1/s1. The molecule has 2 atom stereocenters. The van der Waals surface area contributed by atoms with Gasteiger partial charge in [-0.05, 0) is 6.42 Å². The molecule has 0 spiro atoms. The summed E-state index contributed by atoms with van der Waals surface area (Å²) in [5.41, 5.74) is 0.310. The van der Waals surface area contributed by atoms with Crippen LogP contribution in [0.3, 0.4) is 0 Å². The summed E-state index contributed by atoms with van der Waals surface area (Å²) in [5.74, 6) is -4.05. The summed E-state index contributed by atoms with van der Waals surface area (Å²) in [6, 6.07) is 1.54. The molecule has 1 aromatic carbocycles. The molecular formula is C22H20F5N3O4. The number of aromatic nitrogens is 1. The number of benzene rings is 1. The van der Waals surface area contributed by atoms with Crippen LogP contribution in [0.2, 0.25) is 0 Å². The van der Waals surface area contributed by atoms with Crippen LogP contribution in [0.1, 0.15) is 29.1 Å². The van der Waals surface area contributed by atoms with Crippen LogP contribution in [-0.4, -0.2) is 49.5 Å². The van der Waals surface area contributed by atoms with Gasteiger partial charge in [-0.3, -0.25) is 4.79 Å². The number of ether oxygens (including phenoxy) is 2. The Morgan fingerprint density at radius 1 is 1.21 bits per heavy atom. The molecule has 12 heteroatoms. The van der Waals surface area contributed by atoms with Crippen molar-refractivity contribution >= 4 is 17.6 Å². The van der Waals surface area contributed by atoms with Crippen molar-refractivity contribution in [3.8, 4) is 5.75 Å². The monoisotopic (exact) mass is 485 g/mol. The maximum atomic E-state index is 14.5. The largest absolute Gasteiger partial charge is 0.484 e. The highest BCUT2D eigenvalue weighted by Gasteiger charge is 2.38. The van der Waals surface area contributed by atoms with Gasteiger partial charge in [0.15, 0.2) is 23.1 Å². The zero-order valence-corrected chi connectivity index (χ0v) is 17.8. The van der Waals surface area contributed by atoms with Gasteiger partial charge in [-0.1, -0.05) is 11.6 Å². The first-order valence-corrected chi connectivity index (χ1v) is 10.7. The summed E-state index contributed by atoms with van der Waals surface area (Å²) in [6.45, 7) is 1.29. The van der Waals surface area contributed by atoms with Crippen LogP contribution in [-0.2, 0) is 11.2 Å². The van der Waals surface area contributed by atoms with Crippen molar-refractivity contribution in [2.75, 3.05) is 36.5 Å². The summed E-state index contributed by atoms with van der Waals surface area (Å²) in [5, 5.41) is 2.20. The molecule has 2 heterocycles. The molecule has 1 saturated carbocycles. The van der Waals surface area contributed by atoms with E-state index in [4.69, 9.17) is 13.9 Å². The van der Waals surface area contributed by atoms with E-state index in [1.54, 1.807) is 4.90 Å².